The van der Waals surface area contributed by atoms with Gasteiger partial charge in [-0.2, -0.15) is 0 Å². The highest BCUT2D eigenvalue weighted by Crippen LogP contribution is 2.33. The second kappa shape index (κ2) is 6.18. The van der Waals surface area contributed by atoms with E-state index in [1.54, 1.807) is 13.8 Å². The van der Waals surface area contributed by atoms with Gasteiger partial charge in [-0.05, 0) is 38.3 Å². The van der Waals surface area contributed by atoms with Crippen molar-refractivity contribution >= 4 is 11.9 Å². The predicted molar refractivity (Wildman–Crippen MR) is 69.2 cm³/mol. The lowest BCUT2D eigenvalue weighted by molar-refractivity contribution is -0.145. The van der Waals surface area contributed by atoms with Crippen LogP contribution in [0.3, 0.4) is 0 Å². The normalized spacial score (nSPS) is 20.4. The van der Waals surface area contributed by atoms with Gasteiger partial charge in [-0.3, -0.25) is 4.79 Å². The third-order valence-corrected chi connectivity index (χ3v) is 3.94. The molecule has 5 heteroatoms. The minimum atomic E-state index is -0.960. The SMILES string of the molecule is CCC1(C(=O)N[C@@H](C(=O)O)C(C)C)CCNCC1. The Bertz CT molecular complexity index is 309. The zero-order valence-electron chi connectivity index (χ0n) is 11.5. The third-order valence-electron chi connectivity index (χ3n) is 3.94. The Labute approximate surface area is 108 Å². The van der Waals surface area contributed by atoms with Crippen LogP contribution in [-0.4, -0.2) is 36.1 Å². The van der Waals surface area contributed by atoms with Gasteiger partial charge in [0.25, 0.3) is 0 Å². The van der Waals surface area contributed by atoms with Gasteiger partial charge < -0.3 is 15.7 Å². The molecule has 18 heavy (non-hydrogen) atoms. The largest absolute Gasteiger partial charge is 0.480 e. The Balaban J connectivity index is 2.75. The molecule has 0 aliphatic carbocycles. The van der Waals surface area contributed by atoms with Crippen LogP contribution in [0.2, 0.25) is 0 Å². The molecule has 5 nitrogen and oxygen atoms in total. The van der Waals surface area contributed by atoms with Crippen molar-refractivity contribution in [1.29, 1.82) is 0 Å². The molecule has 1 rings (SSSR count). The number of carboxylic acids is 1. The van der Waals surface area contributed by atoms with E-state index in [-0.39, 0.29) is 11.8 Å². The van der Waals surface area contributed by atoms with Gasteiger partial charge in [-0.15, -0.1) is 0 Å². The molecule has 0 radical (unpaired) electrons. The lowest BCUT2D eigenvalue weighted by atomic mass is 9.75. The molecule has 1 aliphatic rings. The summed E-state index contributed by atoms with van der Waals surface area (Å²) in [5, 5.41) is 15.1. The molecule has 1 heterocycles. The zero-order chi connectivity index (χ0) is 13.8. The van der Waals surface area contributed by atoms with Crippen LogP contribution in [0.5, 0.6) is 0 Å². The Morgan fingerprint density at radius 1 is 1.33 bits per heavy atom. The van der Waals surface area contributed by atoms with Gasteiger partial charge in [0.1, 0.15) is 6.04 Å². The summed E-state index contributed by atoms with van der Waals surface area (Å²) in [4.78, 5) is 23.5. The molecule has 1 atom stereocenters. The zero-order valence-corrected chi connectivity index (χ0v) is 11.5. The summed E-state index contributed by atoms with van der Waals surface area (Å²) in [5.74, 6) is -1.17. The van der Waals surface area contributed by atoms with Crippen molar-refractivity contribution in [3.05, 3.63) is 0 Å². The number of carboxylic acid groups (broad SMARTS) is 1. The van der Waals surface area contributed by atoms with Crippen molar-refractivity contribution in [2.45, 2.75) is 46.1 Å². The maximum absolute atomic E-state index is 12.4. The summed E-state index contributed by atoms with van der Waals surface area (Å²) in [7, 11) is 0. The first-order valence-corrected chi connectivity index (χ1v) is 6.67. The number of carbonyl (C=O) groups excluding carboxylic acids is 1. The molecule has 0 spiro atoms. The number of hydrogen-bond acceptors (Lipinski definition) is 3. The minimum Gasteiger partial charge on any atom is -0.480 e. The molecule has 1 amide bonds. The number of piperidine rings is 1. The molecule has 0 aromatic rings. The molecular formula is C13H24N2O3. The van der Waals surface area contributed by atoms with E-state index in [9.17, 15) is 9.59 Å². The number of nitrogens with one attached hydrogen (secondary N) is 2. The summed E-state index contributed by atoms with van der Waals surface area (Å²) < 4.78 is 0. The number of aliphatic carboxylic acids is 1. The second-order valence-electron chi connectivity index (χ2n) is 5.42. The van der Waals surface area contributed by atoms with Gasteiger partial charge in [-0.25, -0.2) is 4.79 Å². The van der Waals surface area contributed by atoms with Crippen molar-refractivity contribution in [3.8, 4) is 0 Å². The average molecular weight is 256 g/mol. The van der Waals surface area contributed by atoms with Crippen LogP contribution >= 0.6 is 0 Å². The van der Waals surface area contributed by atoms with E-state index in [2.05, 4.69) is 10.6 Å². The number of carbonyl (C=O) groups is 2. The second-order valence-corrected chi connectivity index (χ2v) is 5.42. The smallest absolute Gasteiger partial charge is 0.326 e. The minimum absolute atomic E-state index is 0.104. The van der Waals surface area contributed by atoms with Gasteiger partial charge in [-0.1, -0.05) is 20.8 Å². The number of amides is 1. The fourth-order valence-corrected chi connectivity index (χ4v) is 2.45. The Morgan fingerprint density at radius 3 is 2.28 bits per heavy atom. The van der Waals surface area contributed by atoms with Crippen molar-refractivity contribution in [2.75, 3.05) is 13.1 Å². The fraction of sp³-hybridized carbons (Fsp3) is 0.846. The molecule has 1 fully saturated rings. The highest BCUT2D eigenvalue weighted by molar-refractivity contribution is 5.87. The lowest BCUT2D eigenvalue weighted by Crippen LogP contribution is -2.53. The molecule has 0 saturated carbocycles. The van der Waals surface area contributed by atoms with Crippen molar-refractivity contribution in [3.63, 3.8) is 0 Å². The van der Waals surface area contributed by atoms with Crippen molar-refractivity contribution < 1.29 is 14.7 Å². The van der Waals surface area contributed by atoms with Crippen molar-refractivity contribution in [2.24, 2.45) is 11.3 Å². The quantitative estimate of drug-likeness (QED) is 0.685. The average Bonchev–Trinajstić information content (AvgIpc) is 2.35. The Kier molecular flexibility index (Phi) is 5.14. The molecule has 0 unspecified atom stereocenters. The Morgan fingerprint density at radius 2 is 1.89 bits per heavy atom. The molecular weight excluding hydrogens is 232 g/mol. The van der Waals surface area contributed by atoms with Crippen LogP contribution in [-0.2, 0) is 9.59 Å². The van der Waals surface area contributed by atoms with Crippen LogP contribution in [0.15, 0.2) is 0 Å². The van der Waals surface area contributed by atoms with E-state index in [0.717, 1.165) is 32.4 Å². The first-order chi connectivity index (χ1) is 8.43. The molecule has 3 N–H and O–H groups in total. The summed E-state index contributed by atoms with van der Waals surface area (Å²) in [6.07, 6.45) is 2.31. The fourth-order valence-electron chi connectivity index (χ4n) is 2.45. The molecule has 0 aromatic heterocycles. The molecule has 1 saturated heterocycles. The predicted octanol–water partition coefficient (Wildman–Crippen LogP) is 0.992. The van der Waals surface area contributed by atoms with E-state index in [1.165, 1.54) is 0 Å². The lowest BCUT2D eigenvalue weighted by Gasteiger charge is -2.36. The van der Waals surface area contributed by atoms with Gasteiger partial charge in [0.15, 0.2) is 0 Å². The molecule has 0 aromatic carbocycles. The van der Waals surface area contributed by atoms with Crippen LogP contribution < -0.4 is 10.6 Å². The molecule has 104 valence electrons. The van der Waals surface area contributed by atoms with Crippen molar-refractivity contribution in [1.82, 2.24) is 10.6 Å². The first-order valence-electron chi connectivity index (χ1n) is 6.67. The van der Waals surface area contributed by atoms with Crippen LogP contribution in [0.25, 0.3) is 0 Å². The van der Waals surface area contributed by atoms with Gasteiger partial charge in [0.05, 0.1) is 5.41 Å². The summed E-state index contributed by atoms with van der Waals surface area (Å²) in [6, 6.07) is -0.796. The van der Waals surface area contributed by atoms with Crippen LogP contribution in [0.1, 0.15) is 40.0 Å². The standard InChI is InChI=1S/C13H24N2O3/c1-4-13(5-7-14-8-6-13)12(18)15-10(9(2)3)11(16)17/h9-10,14H,4-8H2,1-3H3,(H,15,18)(H,16,17)/t10-/m1/s1. The summed E-state index contributed by atoms with van der Waals surface area (Å²) in [6.45, 7) is 7.25. The number of hydrogen-bond donors (Lipinski definition) is 3. The van der Waals surface area contributed by atoms with Gasteiger partial charge in [0, 0.05) is 0 Å². The topological polar surface area (TPSA) is 78.4 Å². The first kappa shape index (κ1) is 15.0. The van der Waals surface area contributed by atoms with E-state index in [4.69, 9.17) is 5.11 Å². The van der Waals surface area contributed by atoms with Crippen LogP contribution in [0.4, 0.5) is 0 Å². The number of rotatable bonds is 5. The van der Waals surface area contributed by atoms with E-state index < -0.39 is 17.4 Å². The third kappa shape index (κ3) is 3.22. The molecule has 0 bridgehead atoms. The maximum Gasteiger partial charge on any atom is 0.326 e. The highest BCUT2D eigenvalue weighted by atomic mass is 16.4. The van der Waals surface area contributed by atoms with E-state index >= 15 is 0 Å². The van der Waals surface area contributed by atoms with Gasteiger partial charge in [0.2, 0.25) is 5.91 Å². The van der Waals surface area contributed by atoms with Gasteiger partial charge >= 0.3 is 5.97 Å². The monoisotopic (exact) mass is 256 g/mol. The van der Waals surface area contributed by atoms with E-state index in [0.29, 0.717) is 0 Å². The summed E-state index contributed by atoms with van der Waals surface area (Å²) in [5.41, 5.74) is -0.395. The van der Waals surface area contributed by atoms with E-state index in [1.807, 2.05) is 6.92 Å². The maximum atomic E-state index is 12.4. The van der Waals surface area contributed by atoms with Crippen LogP contribution in [0, 0.1) is 11.3 Å². The highest BCUT2D eigenvalue weighted by Gasteiger charge is 2.39. The Hall–Kier alpha value is -1.10. The summed E-state index contributed by atoms with van der Waals surface area (Å²) >= 11 is 0. The molecule has 1 aliphatic heterocycles.